The highest BCUT2D eigenvalue weighted by Gasteiger charge is 2.30. The molecule has 1 aliphatic rings. The summed E-state index contributed by atoms with van der Waals surface area (Å²) in [5, 5.41) is 30.5. The molecule has 2 aromatic carbocycles. The summed E-state index contributed by atoms with van der Waals surface area (Å²) in [5.74, 6) is -0.290. The van der Waals surface area contributed by atoms with Gasteiger partial charge in [-0.1, -0.05) is 6.92 Å². The van der Waals surface area contributed by atoms with Crippen molar-refractivity contribution in [3.05, 3.63) is 29.3 Å². The quantitative estimate of drug-likeness (QED) is 0.210. The molecule has 3 rings (SSSR count). The van der Waals surface area contributed by atoms with Crippen LogP contribution < -0.4 is 10.2 Å². The van der Waals surface area contributed by atoms with Gasteiger partial charge in [0.2, 0.25) is 0 Å². The lowest BCUT2D eigenvalue weighted by Crippen LogP contribution is -2.24. The summed E-state index contributed by atoms with van der Waals surface area (Å²) in [6.45, 7) is 2.66. The van der Waals surface area contributed by atoms with Crippen molar-refractivity contribution < 1.29 is 39.2 Å². The van der Waals surface area contributed by atoms with Crippen molar-refractivity contribution in [3.63, 3.8) is 0 Å². The summed E-state index contributed by atoms with van der Waals surface area (Å²) >= 11 is 0. The van der Waals surface area contributed by atoms with E-state index in [2.05, 4.69) is 0 Å². The Morgan fingerprint density at radius 1 is 1.07 bits per heavy atom. The molecule has 1 amide bonds. The SMILES string of the molecule is C[C@H]1CC(=O)c2c(c(O)c3cc(OCCOCCOCC(=O)NO)ccc3c2O)C1. The molecule has 0 bridgehead atoms. The predicted molar refractivity (Wildman–Crippen MR) is 106 cm³/mol. The lowest BCUT2D eigenvalue weighted by atomic mass is 9.81. The molecule has 9 heteroatoms. The average molecular weight is 419 g/mol. The highest BCUT2D eigenvalue weighted by molar-refractivity contribution is 6.09. The van der Waals surface area contributed by atoms with Gasteiger partial charge < -0.3 is 24.4 Å². The van der Waals surface area contributed by atoms with Gasteiger partial charge in [-0.25, -0.2) is 5.48 Å². The number of hydrogen-bond donors (Lipinski definition) is 4. The summed E-state index contributed by atoms with van der Waals surface area (Å²) < 4.78 is 15.9. The fraction of sp³-hybridized carbons (Fsp3) is 0.429. The van der Waals surface area contributed by atoms with E-state index in [9.17, 15) is 19.8 Å². The molecule has 1 aliphatic carbocycles. The molecule has 0 unspecified atom stereocenters. The molecule has 0 fully saturated rings. The number of carbonyl (C=O) groups is 2. The lowest BCUT2D eigenvalue weighted by molar-refractivity contribution is -0.134. The predicted octanol–water partition coefficient (Wildman–Crippen LogP) is 1.93. The minimum absolute atomic E-state index is 0.00321. The van der Waals surface area contributed by atoms with Crippen LogP contribution in [0.5, 0.6) is 17.2 Å². The topological polar surface area (TPSA) is 135 Å². The number of benzene rings is 2. The number of ether oxygens (including phenoxy) is 3. The zero-order chi connectivity index (χ0) is 21.7. The Kier molecular flexibility index (Phi) is 7.09. The van der Waals surface area contributed by atoms with E-state index in [1.807, 2.05) is 6.92 Å². The third-order valence-corrected chi connectivity index (χ3v) is 4.92. The third-order valence-electron chi connectivity index (χ3n) is 4.92. The van der Waals surface area contributed by atoms with E-state index < -0.39 is 5.91 Å². The van der Waals surface area contributed by atoms with E-state index in [4.69, 9.17) is 19.4 Å². The molecule has 162 valence electrons. The largest absolute Gasteiger partial charge is 0.507 e. The summed E-state index contributed by atoms with van der Waals surface area (Å²) in [6, 6.07) is 4.90. The van der Waals surface area contributed by atoms with Gasteiger partial charge in [-0.05, 0) is 30.5 Å². The molecule has 2 aromatic rings. The van der Waals surface area contributed by atoms with Crippen LogP contribution in [-0.4, -0.2) is 60.1 Å². The van der Waals surface area contributed by atoms with Crippen molar-refractivity contribution in [2.45, 2.75) is 19.8 Å². The molecule has 1 atom stereocenters. The number of phenols is 2. The van der Waals surface area contributed by atoms with E-state index in [0.29, 0.717) is 34.9 Å². The lowest BCUT2D eigenvalue weighted by Gasteiger charge is -2.23. The van der Waals surface area contributed by atoms with E-state index in [1.165, 1.54) is 5.48 Å². The average Bonchev–Trinajstić information content (AvgIpc) is 2.73. The molecule has 30 heavy (non-hydrogen) atoms. The Labute approximate surface area is 173 Å². The first kappa shape index (κ1) is 21.8. The van der Waals surface area contributed by atoms with Gasteiger partial charge in [0, 0.05) is 22.8 Å². The number of carbonyl (C=O) groups excluding carboxylic acids is 2. The molecular weight excluding hydrogens is 394 g/mol. The molecular formula is C21H25NO8. The van der Waals surface area contributed by atoms with Gasteiger partial charge in [0.05, 0.1) is 25.4 Å². The number of rotatable bonds is 9. The van der Waals surface area contributed by atoms with Gasteiger partial charge in [0.1, 0.15) is 30.5 Å². The summed E-state index contributed by atoms with van der Waals surface area (Å²) in [5.41, 5.74) is 2.17. The van der Waals surface area contributed by atoms with Crippen LogP contribution in [0.2, 0.25) is 0 Å². The second-order valence-corrected chi connectivity index (χ2v) is 7.24. The number of fused-ring (bicyclic) bond motifs is 2. The second-order valence-electron chi connectivity index (χ2n) is 7.24. The van der Waals surface area contributed by atoms with Crippen molar-refractivity contribution >= 4 is 22.5 Å². The monoisotopic (exact) mass is 419 g/mol. The van der Waals surface area contributed by atoms with E-state index in [-0.39, 0.29) is 61.8 Å². The van der Waals surface area contributed by atoms with Crippen LogP contribution in [0.25, 0.3) is 10.8 Å². The Bertz CT molecular complexity index is 942. The molecule has 0 radical (unpaired) electrons. The normalized spacial score (nSPS) is 15.8. The van der Waals surface area contributed by atoms with Crippen molar-refractivity contribution in [2.24, 2.45) is 5.92 Å². The number of Topliss-reactive ketones (excluding diaryl/α,β-unsaturated/α-hetero) is 1. The standard InChI is InChI=1S/C21H25NO8/c1-12-8-16-19(17(23)9-12)21(26)14-3-2-13(10-15(14)20(16)25)30-7-6-28-4-5-29-11-18(24)22-27/h2-3,10,12,25-27H,4-9,11H2,1H3,(H,22,24)/t12-/m1/s1. The molecule has 0 aromatic heterocycles. The molecule has 0 saturated carbocycles. The maximum Gasteiger partial charge on any atom is 0.269 e. The number of ketones is 1. The summed E-state index contributed by atoms with van der Waals surface area (Å²) in [4.78, 5) is 23.1. The zero-order valence-corrected chi connectivity index (χ0v) is 16.6. The number of aromatic hydroxyl groups is 2. The fourth-order valence-electron chi connectivity index (χ4n) is 3.55. The Morgan fingerprint density at radius 2 is 1.80 bits per heavy atom. The number of nitrogens with one attached hydrogen (secondary N) is 1. The van der Waals surface area contributed by atoms with Gasteiger partial charge in [-0.2, -0.15) is 0 Å². The Hall–Kier alpha value is -2.88. The summed E-state index contributed by atoms with van der Waals surface area (Å²) in [6.07, 6.45) is 0.879. The molecule has 0 heterocycles. The van der Waals surface area contributed by atoms with Crippen LogP contribution in [0.15, 0.2) is 18.2 Å². The van der Waals surface area contributed by atoms with Crippen molar-refractivity contribution in [1.82, 2.24) is 5.48 Å². The molecule has 4 N–H and O–H groups in total. The van der Waals surface area contributed by atoms with E-state index in [0.717, 1.165) is 0 Å². The number of hydroxylamine groups is 1. The van der Waals surface area contributed by atoms with Crippen LogP contribution in [0.3, 0.4) is 0 Å². The maximum absolute atomic E-state index is 12.3. The first-order chi connectivity index (χ1) is 14.4. The first-order valence-electron chi connectivity index (χ1n) is 9.67. The number of hydrogen-bond acceptors (Lipinski definition) is 8. The van der Waals surface area contributed by atoms with Crippen molar-refractivity contribution in [2.75, 3.05) is 33.0 Å². The Morgan fingerprint density at radius 3 is 2.57 bits per heavy atom. The fourth-order valence-corrected chi connectivity index (χ4v) is 3.55. The van der Waals surface area contributed by atoms with Gasteiger partial charge in [0.25, 0.3) is 5.91 Å². The van der Waals surface area contributed by atoms with Crippen LogP contribution in [-0.2, 0) is 20.7 Å². The molecule has 0 aliphatic heterocycles. The van der Waals surface area contributed by atoms with Crippen LogP contribution in [0.1, 0.15) is 29.3 Å². The van der Waals surface area contributed by atoms with Gasteiger partial charge >= 0.3 is 0 Å². The van der Waals surface area contributed by atoms with Gasteiger partial charge in [-0.3, -0.25) is 14.8 Å². The zero-order valence-electron chi connectivity index (χ0n) is 16.6. The molecule has 9 nitrogen and oxygen atoms in total. The van der Waals surface area contributed by atoms with Gasteiger partial charge in [-0.15, -0.1) is 0 Å². The number of phenolic OH excluding ortho intramolecular Hbond substituents is 2. The first-order valence-corrected chi connectivity index (χ1v) is 9.67. The van der Waals surface area contributed by atoms with Crippen LogP contribution >= 0.6 is 0 Å². The van der Waals surface area contributed by atoms with Crippen LogP contribution in [0.4, 0.5) is 0 Å². The Balaban J connectivity index is 1.59. The van der Waals surface area contributed by atoms with Gasteiger partial charge in [0.15, 0.2) is 5.78 Å². The van der Waals surface area contributed by atoms with Crippen molar-refractivity contribution in [1.29, 1.82) is 0 Å². The maximum atomic E-state index is 12.3. The summed E-state index contributed by atoms with van der Waals surface area (Å²) in [7, 11) is 0. The van der Waals surface area contributed by atoms with Crippen molar-refractivity contribution in [3.8, 4) is 17.2 Å². The third kappa shape index (κ3) is 4.81. The molecule has 0 saturated heterocycles. The minimum Gasteiger partial charge on any atom is -0.507 e. The number of amides is 1. The highest BCUT2D eigenvalue weighted by Crippen LogP contribution is 2.44. The molecule has 0 spiro atoms. The van der Waals surface area contributed by atoms with E-state index in [1.54, 1.807) is 18.2 Å². The highest BCUT2D eigenvalue weighted by atomic mass is 16.5. The second kappa shape index (κ2) is 9.75. The smallest absolute Gasteiger partial charge is 0.269 e. The van der Waals surface area contributed by atoms with Crippen LogP contribution in [0, 0.1) is 5.92 Å². The van der Waals surface area contributed by atoms with E-state index >= 15 is 0 Å². The minimum atomic E-state index is -0.635.